The van der Waals surface area contributed by atoms with Crippen molar-refractivity contribution in [3.05, 3.63) is 107 Å². The number of phenols is 4. The Balaban J connectivity index is 1.40. The highest BCUT2D eigenvalue weighted by atomic mass is 16.5. The molecule has 0 spiro atoms. The molecule has 4 N–H and O–H groups in total. The molecule has 0 bridgehead atoms. The van der Waals surface area contributed by atoms with Gasteiger partial charge in [-0.15, -0.1) is 0 Å². The number of aromatic hydroxyl groups is 4. The molecule has 0 aliphatic rings. The summed E-state index contributed by atoms with van der Waals surface area (Å²) in [6.45, 7) is 0. The van der Waals surface area contributed by atoms with Crippen LogP contribution in [-0.2, 0) is 25.7 Å². The van der Waals surface area contributed by atoms with Gasteiger partial charge in [0.2, 0.25) is 0 Å². The third-order valence-electron chi connectivity index (χ3n) is 5.48. The molecule has 0 aliphatic carbocycles. The normalized spacial score (nSPS) is 10.8. The standard InChI is InChI=1S/C28H26O5/c29-23-10-5-19(6-11-23)1-3-21-9-14-28(27(32)17-21)33-26-16-22(15-25(31)18-26)4-2-20-7-12-24(30)13-8-20/h5-18,29-32H,1-4H2. The molecule has 5 nitrogen and oxygen atoms in total. The quantitative estimate of drug-likeness (QED) is 0.274. The Morgan fingerprint density at radius 3 is 1.55 bits per heavy atom. The first-order valence-electron chi connectivity index (χ1n) is 10.8. The van der Waals surface area contributed by atoms with Gasteiger partial charge in [-0.05, 0) is 96.5 Å². The van der Waals surface area contributed by atoms with Crippen molar-refractivity contribution >= 4 is 0 Å². The fraction of sp³-hybridized carbons (Fsp3) is 0.143. The van der Waals surface area contributed by atoms with E-state index in [2.05, 4.69) is 0 Å². The van der Waals surface area contributed by atoms with Crippen LogP contribution >= 0.6 is 0 Å². The van der Waals surface area contributed by atoms with Crippen LogP contribution in [0.15, 0.2) is 84.9 Å². The summed E-state index contributed by atoms with van der Waals surface area (Å²) in [4.78, 5) is 0. The molecule has 0 saturated carbocycles. The van der Waals surface area contributed by atoms with Gasteiger partial charge in [0.25, 0.3) is 0 Å². The fourth-order valence-corrected chi connectivity index (χ4v) is 3.68. The van der Waals surface area contributed by atoms with Gasteiger partial charge < -0.3 is 25.2 Å². The van der Waals surface area contributed by atoms with E-state index in [1.807, 2.05) is 36.4 Å². The summed E-state index contributed by atoms with van der Waals surface area (Å²) in [6.07, 6.45) is 2.98. The zero-order valence-electron chi connectivity index (χ0n) is 18.1. The maximum atomic E-state index is 10.5. The molecule has 0 unspecified atom stereocenters. The number of phenolic OH excluding ortho intramolecular Hbond substituents is 4. The highest BCUT2D eigenvalue weighted by molar-refractivity contribution is 5.47. The third kappa shape index (κ3) is 6.20. The smallest absolute Gasteiger partial charge is 0.169 e. The lowest BCUT2D eigenvalue weighted by Gasteiger charge is -2.12. The largest absolute Gasteiger partial charge is 0.508 e. The summed E-state index contributed by atoms with van der Waals surface area (Å²) < 4.78 is 5.86. The second kappa shape index (κ2) is 10.0. The average Bonchev–Trinajstić information content (AvgIpc) is 2.80. The maximum Gasteiger partial charge on any atom is 0.169 e. The van der Waals surface area contributed by atoms with Crippen molar-refractivity contribution in [2.24, 2.45) is 0 Å². The predicted octanol–water partition coefficient (Wildman–Crippen LogP) is 5.87. The van der Waals surface area contributed by atoms with Gasteiger partial charge in [-0.3, -0.25) is 0 Å². The maximum absolute atomic E-state index is 10.5. The topological polar surface area (TPSA) is 90.2 Å². The summed E-state index contributed by atoms with van der Waals surface area (Å²) in [6, 6.07) is 24.5. The Morgan fingerprint density at radius 2 is 0.970 bits per heavy atom. The summed E-state index contributed by atoms with van der Waals surface area (Å²) in [7, 11) is 0. The van der Waals surface area contributed by atoms with E-state index in [9.17, 15) is 20.4 Å². The fourth-order valence-electron chi connectivity index (χ4n) is 3.68. The second-order valence-electron chi connectivity index (χ2n) is 8.07. The molecule has 0 radical (unpaired) electrons. The number of ether oxygens (including phenoxy) is 1. The third-order valence-corrected chi connectivity index (χ3v) is 5.48. The summed E-state index contributed by atoms with van der Waals surface area (Å²) in [5, 5.41) is 39.4. The Bertz CT molecular complexity index is 1210. The van der Waals surface area contributed by atoms with Crippen LogP contribution in [0.3, 0.4) is 0 Å². The van der Waals surface area contributed by atoms with Crippen molar-refractivity contribution in [1.82, 2.24) is 0 Å². The Morgan fingerprint density at radius 1 is 0.455 bits per heavy atom. The van der Waals surface area contributed by atoms with Crippen molar-refractivity contribution in [1.29, 1.82) is 0 Å². The van der Waals surface area contributed by atoms with E-state index in [0.29, 0.717) is 17.9 Å². The number of benzene rings is 4. The summed E-state index contributed by atoms with van der Waals surface area (Å²) in [5.74, 6) is 1.37. The van der Waals surface area contributed by atoms with E-state index in [4.69, 9.17) is 4.74 Å². The van der Waals surface area contributed by atoms with E-state index in [1.165, 1.54) is 6.07 Å². The molecule has 0 atom stereocenters. The van der Waals surface area contributed by atoms with Gasteiger partial charge in [0, 0.05) is 6.07 Å². The van der Waals surface area contributed by atoms with Crippen molar-refractivity contribution < 1.29 is 25.2 Å². The van der Waals surface area contributed by atoms with E-state index in [0.717, 1.165) is 41.5 Å². The minimum Gasteiger partial charge on any atom is -0.508 e. The molecule has 0 aromatic heterocycles. The van der Waals surface area contributed by atoms with Crippen LogP contribution < -0.4 is 4.74 Å². The van der Waals surface area contributed by atoms with Crippen LogP contribution in [0.2, 0.25) is 0 Å². The lowest BCUT2D eigenvalue weighted by atomic mass is 10.0. The molecule has 4 aromatic rings. The lowest BCUT2D eigenvalue weighted by Crippen LogP contribution is -1.94. The van der Waals surface area contributed by atoms with Crippen LogP contribution in [-0.4, -0.2) is 20.4 Å². The van der Waals surface area contributed by atoms with Crippen molar-refractivity contribution in [2.45, 2.75) is 25.7 Å². The molecule has 0 aliphatic heterocycles. The zero-order chi connectivity index (χ0) is 23.2. The molecule has 0 heterocycles. The van der Waals surface area contributed by atoms with Gasteiger partial charge in [0.05, 0.1) is 0 Å². The monoisotopic (exact) mass is 442 g/mol. The minimum atomic E-state index is 0.0344. The van der Waals surface area contributed by atoms with Gasteiger partial charge >= 0.3 is 0 Å². The number of aryl methyl sites for hydroxylation is 4. The Labute approximate surface area is 192 Å². The molecule has 33 heavy (non-hydrogen) atoms. The van der Waals surface area contributed by atoms with Crippen molar-refractivity contribution in [3.8, 4) is 34.5 Å². The molecular weight excluding hydrogens is 416 g/mol. The summed E-state index contributed by atoms with van der Waals surface area (Å²) in [5.41, 5.74) is 4.06. The van der Waals surface area contributed by atoms with Crippen LogP contribution in [0.25, 0.3) is 0 Å². The van der Waals surface area contributed by atoms with Gasteiger partial charge in [0.1, 0.15) is 23.0 Å². The van der Waals surface area contributed by atoms with Gasteiger partial charge in [-0.1, -0.05) is 30.3 Å². The first kappa shape index (κ1) is 22.1. The molecule has 0 saturated heterocycles. The first-order valence-corrected chi connectivity index (χ1v) is 10.8. The van der Waals surface area contributed by atoms with Gasteiger partial charge in [-0.2, -0.15) is 0 Å². The van der Waals surface area contributed by atoms with Crippen molar-refractivity contribution in [3.63, 3.8) is 0 Å². The molecule has 5 heteroatoms. The zero-order valence-corrected chi connectivity index (χ0v) is 18.1. The van der Waals surface area contributed by atoms with E-state index in [1.54, 1.807) is 42.5 Å². The first-order chi connectivity index (χ1) is 15.9. The van der Waals surface area contributed by atoms with E-state index >= 15 is 0 Å². The number of rotatable bonds is 8. The van der Waals surface area contributed by atoms with Gasteiger partial charge in [0.15, 0.2) is 11.5 Å². The SMILES string of the molecule is Oc1ccc(CCc2cc(O)cc(Oc3ccc(CCc4ccc(O)cc4)cc3O)c2)cc1. The molecule has 0 fully saturated rings. The van der Waals surface area contributed by atoms with E-state index < -0.39 is 0 Å². The Hall–Kier alpha value is -4.12. The Kier molecular flexibility index (Phi) is 6.69. The van der Waals surface area contributed by atoms with Crippen LogP contribution in [0.5, 0.6) is 34.5 Å². The second-order valence-corrected chi connectivity index (χ2v) is 8.07. The molecule has 168 valence electrons. The van der Waals surface area contributed by atoms with Crippen LogP contribution in [0.4, 0.5) is 0 Å². The number of hydrogen-bond donors (Lipinski definition) is 4. The van der Waals surface area contributed by atoms with Gasteiger partial charge in [-0.25, -0.2) is 0 Å². The highest BCUT2D eigenvalue weighted by Gasteiger charge is 2.09. The van der Waals surface area contributed by atoms with Crippen LogP contribution in [0.1, 0.15) is 22.3 Å². The molecule has 4 rings (SSSR count). The molecule has 4 aromatic carbocycles. The lowest BCUT2D eigenvalue weighted by molar-refractivity contribution is 0.406. The number of hydrogen-bond acceptors (Lipinski definition) is 5. The average molecular weight is 443 g/mol. The molecule has 0 amide bonds. The summed E-state index contributed by atoms with van der Waals surface area (Å²) >= 11 is 0. The minimum absolute atomic E-state index is 0.0344. The molecular formula is C28H26O5. The van der Waals surface area contributed by atoms with E-state index in [-0.39, 0.29) is 23.0 Å². The predicted molar refractivity (Wildman–Crippen MR) is 127 cm³/mol. The van der Waals surface area contributed by atoms with Crippen molar-refractivity contribution in [2.75, 3.05) is 0 Å². The highest BCUT2D eigenvalue weighted by Crippen LogP contribution is 2.34. The van der Waals surface area contributed by atoms with Crippen LogP contribution in [0, 0.1) is 0 Å².